The Labute approximate surface area is 106 Å². The predicted octanol–water partition coefficient (Wildman–Crippen LogP) is 2.71. The minimum atomic E-state index is -0.948. The molecule has 94 valence electrons. The molecular formula is C14H16N2O2. The first-order valence-corrected chi connectivity index (χ1v) is 5.75. The molecule has 1 aromatic heterocycles. The van der Waals surface area contributed by atoms with E-state index in [1.165, 1.54) is 11.8 Å². The van der Waals surface area contributed by atoms with Gasteiger partial charge in [0.25, 0.3) is 0 Å². The standard InChI is InChI=1S/C14H16N2O2/c1-8-5-10(3)11(6-9(8)2)13-12(14(17)18)7-15-16(13)4/h5-7H,1-4H3,(H,17,18). The molecule has 4 heteroatoms. The first-order chi connectivity index (χ1) is 8.41. The topological polar surface area (TPSA) is 55.1 Å². The van der Waals surface area contributed by atoms with Gasteiger partial charge in [0.2, 0.25) is 0 Å². The number of aryl methyl sites for hydroxylation is 4. The van der Waals surface area contributed by atoms with Gasteiger partial charge in [-0.2, -0.15) is 5.10 Å². The highest BCUT2D eigenvalue weighted by Gasteiger charge is 2.18. The average molecular weight is 244 g/mol. The fourth-order valence-corrected chi connectivity index (χ4v) is 2.13. The Morgan fingerprint density at radius 2 is 1.78 bits per heavy atom. The van der Waals surface area contributed by atoms with Gasteiger partial charge in [-0.05, 0) is 43.5 Å². The van der Waals surface area contributed by atoms with Crippen LogP contribution in [0.15, 0.2) is 18.3 Å². The number of nitrogens with zero attached hydrogens (tertiary/aromatic N) is 2. The fraction of sp³-hybridized carbons (Fsp3) is 0.286. The summed E-state index contributed by atoms with van der Waals surface area (Å²) in [5.41, 5.74) is 5.23. The molecule has 2 rings (SSSR count). The number of carboxylic acids is 1. The molecule has 1 aromatic carbocycles. The van der Waals surface area contributed by atoms with E-state index in [-0.39, 0.29) is 5.56 Å². The van der Waals surface area contributed by atoms with Crippen LogP contribution in [0, 0.1) is 20.8 Å². The average Bonchev–Trinajstić information content (AvgIpc) is 2.66. The molecule has 0 atom stereocenters. The van der Waals surface area contributed by atoms with Crippen LogP contribution in [-0.4, -0.2) is 20.9 Å². The number of benzene rings is 1. The molecule has 0 saturated heterocycles. The zero-order valence-electron chi connectivity index (χ0n) is 11.0. The van der Waals surface area contributed by atoms with Crippen LogP contribution in [0.3, 0.4) is 0 Å². The van der Waals surface area contributed by atoms with Gasteiger partial charge in [0.15, 0.2) is 0 Å². The van der Waals surface area contributed by atoms with Crippen LogP contribution in [0.1, 0.15) is 27.0 Å². The van der Waals surface area contributed by atoms with E-state index in [2.05, 4.69) is 11.2 Å². The van der Waals surface area contributed by atoms with Crippen LogP contribution < -0.4 is 0 Å². The molecule has 0 aliphatic rings. The van der Waals surface area contributed by atoms with Crippen LogP contribution in [0.5, 0.6) is 0 Å². The number of carboxylic acid groups (broad SMARTS) is 1. The summed E-state index contributed by atoms with van der Waals surface area (Å²) in [6.45, 7) is 6.06. The van der Waals surface area contributed by atoms with Gasteiger partial charge in [0, 0.05) is 12.6 Å². The van der Waals surface area contributed by atoms with Crippen LogP contribution >= 0.6 is 0 Å². The molecule has 1 N–H and O–H groups in total. The van der Waals surface area contributed by atoms with E-state index in [0.717, 1.165) is 16.7 Å². The lowest BCUT2D eigenvalue weighted by atomic mass is 9.97. The second kappa shape index (κ2) is 4.29. The van der Waals surface area contributed by atoms with Gasteiger partial charge >= 0.3 is 5.97 Å². The van der Waals surface area contributed by atoms with Crippen molar-refractivity contribution in [3.05, 3.63) is 40.6 Å². The molecule has 0 amide bonds. The minimum absolute atomic E-state index is 0.240. The minimum Gasteiger partial charge on any atom is -0.478 e. The van der Waals surface area contributed by atoms with E-state index < -0.39 is 5.97 Å². The van der Waals surface area contributed by atoms with Crippen molar-refractivity contribution in [1.82, 2.24) is 9.78 Å². The molecule has 0 aliphatic carbocycles. The van der Waals surface area contributed by atoms with E-state index in [0.29, 0.717) is 5.69 Å². The summed E-state index contributed by atoms with van der Waals surface area (Å²) in [5.74, 6) is -0.948. The van der Waals surface area contributed by atoms with Crippen molar-refractivity contribution in [2.75, 3.05) is 0 Å². The zero-order chi connectivity index (χ0) is 13.4. The molecule has 0 spiro atoms. The number of hydrogen-bond acceptors (Lipinski definition) is 2. The first kappa shape index (κ1) is 12.4. The molecule has 0 fully saturated rings. The Balaban J connectivity index is 2.73. The quantitative estimate of drug-likeness (QED) is 0.883. The number of aromatic nitrogens is 2. The van der Waals surface area contributed by atoms with Gasteiger partial charge < -0.3 is 5.11 Å². The second-order valence-corrected chi connectivity index (χ2v) is 4.59. The molecule has 0 saturated carbocycles. The van der Waals surface area contributed by atoms with Gasteiger partial charge in [-0.1, -0.05) is 6.07 Å². The summed E-state index contributed by atoms with van der Waals surface area (Å²) in [4.78, 5) is 11.2. The van der Waals surface area contributed by atoms with E-state index in [1.807, 2.05) is 26.8 Å². The second-order valence-electron chi connectivity index (χ2n) is 4.59. The number of rotatable bonds is 2. The van der Waals surface area contributed by atoms with Gasteiger partial charge in [-0.3, -0.25) is 4.68 Å². The van der Waals surface area contributed by atoms with Crippen molar-refractivity contribution in [2.24, 2.45) is 7.05 Å². The lowest BCUT2D eigenvalue weighted by Gasteiger charge is -2.11. The summed E-state index contributed by atoms with van der Waals surface area (Å²) in [6.07, 6.45) is 1.40. The lowest BCUT2D eigenvalue weighted by Crippen LogP contribution is -2.02. The number of aromatic carboxylic acids is 1. The van der Waals surface area contributed by atoms with Crippen molar-refractivity contribution < 1.29 is 9.90 Å². The monoisotopic (exact) mass is 244 g/mol. The van der Waals surface area contributed by atoms with Crippen molar-refractivity contribution in [3.63, 3.8) is 0 Å². The van der Waals surface area contributed by atoms with E-state index >= 15 is 0 Å². The van der Waals surface area contributed by atoms with Crippen LogP contribution in [-0.2, 0) is 7.05 Å². The van der Waals surface area contributed by atoms with Crippen LogP contribution in [0.25, 0.3) is 11.3 Å². The summed E-state index contributed by atoms with van der Waals surface area (Å²) in [6, 6.07) is 4.09. The van der Waals surface area contributed by atoms with E-state index in [4.69, 9.17) is 0 Å². The highest BCUT2D eigenvalue weighted by molar-refractivity contribution is 5.95. The first-order valence-electron chi connectivity index (χ1n) is 5.75. The molecule has 1 heterocycles. The SMILES string of the molecule is Cc1cc(C)c(-c2c(C(=O)O)cnn2C)cc1C. The molecule has 0 bridgehead atoms. The molecular weight excluding hydrogens is 228 g/mol. The van der Waals surface area contributed by atoms with Gasteiger partial charge in [-0.15, -0.1) is 0 Å². The third-order valence-corrected chi connectivity index (χ3v) is 3.26. The predicted molar refractivity (Wildman–Crippen MR) is 69.8 cm³/mol. The number of hydrogen-bond donors (Lipinski definition) is 1. The summed E-state index contributed by atoms with van der Waals surface area (Å²) in [7, 11) is 1.76. The Bertz CT molecular complexity index is 627. The highest BCUT2D eigenvalue weighted by atomic mass is 16.4. The highest BCUT2D eigenvalue weighted by Crippen LogP contribution is 2.28. The van der Waals surface area contributed by atoms with Crippen LogP contribution in [0.4, 0.5) is 0 Å². The maximum Gasteiger partial charge on any atom is 0.339 e. The Kier molecular flexibility index (Phi) is 2.95. The van der Waals surface area contributed by atoms with Gasteiger partial charge in [0.05, 0.1) is 11.9 Å². The summed E-state index contributed by atoms with van der Waals surface area (Å²) in [5, 5.41) is 13.2. The molecule has 2 aromatic rings. The van der Waals surface area contributed by atoms with Crippen molar-refractivity contribution in [1.29, 1.82) is 0 Å². The summed E-state index contributed by atoms with van der Waals surface area (Å²) < 4.78 is 1.61. The maximum absolute atomic E-state index is 11.2. The fourth-order valence-electron chi connectivity index (χ4n) is 2.13. The van der Waals surface area contributed by atoms with Gasteiger partial charge in [0.1, 0.15) is 5.56 Å². The third kappa shape index (κ3) is 1.90. The Morgan fingerprint density at radius 3 is 2.39 bits per heavy atom. The number of carbonyl (C=O) groups is 1. The third-order valence-electron chi connectivity index (χ3n) is 3.26. The van der Waals surface area contributed by atoms with E-state index in [9.17, 15) is 9.90 Å². The molecule has 0 unspecified atom stereocenters. The normalized spacial score (nSPS) is 10.7. The molecule has 0 aliphatic heterocycles. The molecule has 4 nitrogen and oxygen atoms in total. The smallest absolute Gasteiger partial charge is 0.339 e. The van der Waals surface area contributed by atoms with Crippen molar-refractivity contribution >= 4 is 5.97 Å². The lowest BCUT2D eigenvalue weighted by molar-refractivity contribution is 0.0697. The van der Waals surface area contributed by atoms with E-state index in [1.54, 1.807) is 11.7 Å². The Hall–Kier alpha value is -2.10. The van der Waals surface area contributed by atoms with Crippen molar-refractivity contribution in [2.45, 2.75) is 20.8 Å². The van der Waals surface area contributed by atoms with Crippen molar-refractivity contribution in [3.8, 4) is 11.3 Å². The molecule has 18 heavy (non-hydrogen) atoms. The van der Waals surface area contributed by atoms with Crippen LogP contribution in [0.2, 0.25) is 0 Å². The Morgan fingerprint density at radius 1 is 1.17 bits per heavy atom. The zero-order valence-corrected chi connectivity index (χ0v) is 11.0. The molecule has 0 radical (unpaired) electrons. The van der Waals surface area contributed by atoms with Gasteiger partial charge in [-0.25, -0.2) is 4.79 Å². The summed E-state index contributed by atoms with van der Waals surface area (Å²) >= 11 is 0. The maximum atomic E-state index is 11.2. The largest absolute Gasteiger partial charge is 0.478 e.